The second-order valence-corrected chi connectivity index (χ2v) is 6.12. The number of hydrogen-bond acceptors (Lipinski definition) is 4. The molecular weight excluding hydrogens is 256 g/mol. The molecule has 0 aliphatic rings. The number of hydrogen-bond donors (Lipinski definition) is 3. The first-order valence-electron chi connectivity index (χ1n) is 7.01. The largest absolute Gasteiger partial charge is 0.467 e. The number of aliphatic hydroxyl groups is 1. The number of aliphatic hydroxyl groups excluding tert-OH is 1. The monoisotopic (exact) mass is 282 g/mol. The summed E-state index contributed by atoms with van der Waals surface area (Å²) < 4.78 is 5.17. The molecule has 0 aliphatic heterocycles. The van der Waals surface area contributed by atoms with Gasteiger partial charge >= 0.3 is 0 Å². The van der Waals surface area contributed by atoms with E-state index in [1.165, 1.54) is 0 Å². The van der Waals surface area contributed by atoms with E-state index < -0.39 is 0 Å². The second kappa shape index (κ2) is 7.45. The van der Waals surface area contributed by atoms with Crippen molar-refractivity contribution in [1.82, 2.24) is 10.6 Å². The van der Waals surface area contributed by atoms with Crippen LogP contribution in [0.15, 0.2) is 22.8 Å². The first-order valence-corrected chi connectivity index (χ1v) is 7.01. The fourth-order valence-corrected chi connectivity index (χ4v) is 2.01. The Kier molecular flexibility index (Phi) is 6.23. The van der Waals surface area contributed by atoms with E-state index in [1.54, 1.807) is 12.3 Å². The fourth-order valence-electron chi connectivity index (χ4n) is 2.01. The van der Waals surface area contributed by atoms with Crippen LogP contribution in [-0.2, 0) is 11.3 Å². The number of carbonyl (C=O) groups excluding carboxylic acids is 1. The highest BCUT2D eigenvalue weighted by Crippen LogP contribution is 2.22. The molecule has 5 nitrogen and oxygen atoms in total. The van der Waals surface area contributed by atoms with Crippen molar-refractivity contribution in [2.24, 2.45) is 5.41 Å². The van der Waals surface area contributed by atoms with E-state index in [1.807, 2.05) is 13.0 Å². The summed E-state index contributed by atoms with van der Waals surface area (Å²) in [4.78, 5) is 12.0. The second-order valence-electron chi connectivity index (χ2n) is 6.12. The van der Waals surface area contributed by atoms with Crippen LogP contribution in [0, 0.1) is 5.41 Å². The first kappa shape index (κ1) is 16.7. The predicted molar refractivity (Wildman–Crippen MR) is 78.1 cm³/mol. The summed E-state index contributed by atoms with van der Waals surface area (Å²) in [5.74, 6) is 0.655. The molecule has 114 valence electrons. The van der Waals surface area contributed by atoms with E-state index in [-0.39, 0.29) is 30.0 Å². The molecule has 20 heavy (non-hydrogen) atoms. The minimum atomic E-state index is -0.319. The normalized spacial score (nSPS) is 14.8. The zero-order valence-corrected chi connectivity index (χ0v) is 12.8. The summed E-state index contributed by atoms with van der Waals surface area (Å²) >= 11 is 0. The minimum Gasteiger partial charge on any atom is -0.467 e. The van der Waals surface area contributed by atoms with E-state index in [9.17, 15) is 4.79 Å². The van der Waals surface area contributed by atoms with Gasteiger partial charge in [-0.3, -0.25) is 4.79 Å². The van der Waals surface area contributed by atoms with Gasteiger partial charge < -0.3 is 20.2 Å². The predicted octanol–water partition coefficient (Wildman–Crippen LogP) is 1.67. The van der Waals surface area contributed by atoms with Crippen LogP contribution in [0.3, 0.4) is 0 Å². The molecule has 1 amide bonds. The Balaban J connectivity index is 2.46. The van der Waals surface area contributed by atoms with Gasteiger partial charge in [0.05, 0.1) is 18.8 Å². The molecule has 3 N–H and O–H groups in total. The Morgan fingerprint density at radius 1 is 1.45 bits per heavy atom. The average molecular weight is 282 g/mol. The fraction of sp³-hybridized carbons (Fsp3) is 0.667. The summed E-state index contributed by atoms with van der Waals surface area (Å²) in [5.41, 5.74) is -0.0156. The maximum atomic E-state index is 12.0. The van der Waals surface area contributed by atoms with Crippen molar-refractivity contribution in [2.45, 2.75) is 52.7 Å². The number of nitrogens with one attached hydrogen (secondary N) is 2. The van der Waals surface area contributed by atoms with Crippen molar-refractivity contribution >= 4 is 5.91 Å². The standard InChI is InChI=1S/C15H26N2O3/c1-11(17-13(7-8-18)15(2,3)4)14(19)16-10-12-6-5-9-20-12/h5-6,9,11,13,17-18H,7-8,10H2,1-4H3,(H,16,19). The zero-order valence-electron chi connectivity index (χ0n) is 12.8. The van der Waals surface area contributed by atoms with Crippen LogP contribution in [0.5, 0.6) is 0 Å². The van der Waals surface area contributed by atoms with Gasteiger partial charge in [0.2, 0.25) is 5.91 Å². The summed E-state index contributed by atoms with van der Waals surface area (Å²) in [6.45, 7) is 8.59. The van der Waals surface area contributed by atoms with Crippen molar-refractivity contribution in [3.8, 4) is 0 Å². The van der Waals surface area contributed by atoms with Crippen molar-refractivity contribution in [3.05, 3.63) is 24.2 Å². The van der Waals surface area contributed by atoms with E-state index in [0.29, 0.717) is 13.0 Å². The molecule has 0 radical (unpaired) electrons. The Bertz CT molecular complexity index is 396. The Hall–Kier alpha value is -1.33. The van der Waals surface area contributed by atoms with E-state index in [0.717, 1.165) is 5.76 Å². The molecule has 1 heterocycles. The smallest absolute Gasteiger partial charge is 0.237 e. The summed E-state index contributed by atoms with van der Waals surface area (Å²) in [6.07, 6.45) is 2.21. The van der Waals surface area contributed by atoms with Crippen LogP contribution in [0.25, 0.3) is 0 Å². The number of furan rings is 1. The molecule has 2 unspecified atom stereocenters. The third-order valence-electron chi connectivity index (χ3n) is 3.32. The highest BCUT2D eigenvalue weighted by atomic mass is 16.3. The Morgan fingerprint density at radius 3 is 2.65 bits per heavy atom. The number of amides is 1. The molecule has 0 bridgehead atoms. The van der Waals surface area contributed by atoms with Crippen LogP contribution in [0.2, 0.25) is 0 Å². The van der Waals surface area contributed by atoms with Crippen LogP contribution >= 0.6 is 0 Å². The highest BCUT2D eigenvalue weighted by molar-refractivity contribution is 5.81. The molecule has 0 aliphatic carbocycles. The zero-order chi connectivity index (χ0) is 15.2. The topological polar surface area (TPSA) is 74.5 Å². The summed E-state index contributed by atoms with van der Waals surface area (Å²) in [7, 11) is 0. The molecule has 1 rings (SSSR count). The van der Waals surface area contributed by atoms with Gasteiger partial charge in [0.1, 0.15) is 5.76 Å². The van der Waals surface area contributed by atoms with Crippen LogP contribution < -0.4 is 10.6 Å². The van der Waals surface area contributed by atoms with Crippen molar-refractivity contribution in [2.75, 3.05) is 6.61 Å². The molecule has 1 aromatic heterocycles. The van der Waals surface area contributed by atoms with Crippen LogP contribution in [-0.4, -0.2) is 29.7 Å². The van der Waals surface area contributed by atoms with Crippen molar-refractivity contribution < 1.29 is 14.3 Å². The van der Waals surface area contributed by atoms with Crippen molar-refractivity contribution in [3.63, 3.8) is 0 Å². The first-order chi connectivity index (χ1) is 9.34. The molecule has 0 saturated heterocycles. The molecule has 1 aromatic rings. The van der Waals surface area contributed by atoms with Gasteiger partial charge in [-0.15, -0.1) is 0 Å². The lowest BCUT2D eigenvalue weighted by atomic mass is 9.84. The third-order valence-corrected chi connectivity index (χ3v) is 3.32. The third kappa shape index (κ3) is 5.35. The van der Waals surface area contributed by atoms with E-state index >= 15 is 0 Å². The number of rotatable bonds is 7. The van der Waals surface area contributed by atoms with Gasteiger partial charge in [0.25, 0.3) is 0 Å². The summed E-state index contributed by atoms with van der Waals surface area (Å²) in [6, 6.07) is 3.37. The van der Waals surface area contributed by atoms with Gasteiger partial charge in [-0.2, -0.15) is 0 Å². The minimum absolute atomic E-state index is 0.0156. The lowest BCUT2D eigenvalue weighted by Gasteiger charge is -2.33. The molecular formula is C15H26N2O3. The van der Waals surface area contributed by atoms with E-state index in [4.69, 9.17) is 9.52 Å². The maximum Gasteiger partial charge on any atom is 0.237 e. The average Bonchev–Trinajstić information content (AvgIpc) is 2.87. The molecule has 5 heteroatoms. The van der Waals surface area contributed by atoms with Gasteiger partial charge in [-0.1, -0.05) is 20.8 Å². The lowest BCUT2D eigenvalue weighted by molar-refractivity contribution is -0.123. The van der Waals surface area contributed by atoms with Gasteiger partial charge in [-0.05, 0) is 30.9 Å². The lowest BCUT2D eigenvalue weighted by Crippen LogP contribution is -2.51. The highest BCUT2D eigenvalue weighted by Gasteiger charge is 2.27. The molecule has 0 spiro atoms. The molecule has 0 saturated carbocycles. The quantitative estimate of drug-likeness (QED) is 0.711. The summed E-state index contributed by atoms with van der Waals surface area (Å²) in [5, 5.41) is 15.2. The Morgan fingerprint density at radius 2 is 2.15 bits per heavy atom. The van der Waals surface area contributed by atoms with E-state index in [2.05, 4.69) is 31.4 Å². The van der Waals surface area contributed by atoms with Gasteiger partial charge in [0, 0.05) is 12.6 Å². The van der Waals surface area contributed by atoms with Crippen LogP contribution in [0.1, 0.15) is 39.9 Å². The number of carbonyl (C=O) groups is 1. The SMILES string of the molecule is CC(NC(CCO)C(C)(C)C)C(=O)NCc1ccco1. The maximum absolute atomic E-state index is 12.0. The van der Waals surface area contributed by atoms with Crippen LogP contribution in [0.4, 0.5) is 0 Å². The van der Waals surface area contributed by atoms with Gasteiger partial charge in [0.15, 0.2) is 0 Å². The Labute approximate surface area is 120 Å². The van der Waals surface area contributed by atoms with Gasteiger partial charge in [-0.25, -0.2) is 0 Å². The molecule has 0 fully saturated rings. The molecule has 0 aromatic carbocycles. The molecule has 2 atom stereocenters. The van der Waals surface area contributed by atoms with Crippen molar-refractivity contribution in [1.29, 1.82) is 0 Å².